The zero-order valence-electron chi connectivity index (χ0n) is 15.4. The second kappa shape index (κ2) is 8.84. The summed E-state index contributed by atoms with van der Waals surface area (Å²) in [5.41, 5.74) is 0.496. The lowest BCUT2D eigenvalue weighted by Gasteiger charge is -2.28. The summed E-state index contributed by atoms with van der Waals surface area (Å²) in [6, 6.07) is 4.41. The normalized spacial score (nSPS) is 14.8. The minimum Gasteiger partial charge on any atom is -0.511 e. The van der Waals surface area contributed by atoms with Crippen LogP contribution in [0.1, 0.15) is 17.5 Å². The van der Waals surface area contributed by atoms with Crippen molar-refractivity contribution in [2.24, 2.45) is 0 Å². The van der Waals surface area contributed by atoms with E-state index in [-0.39, 0.29) is 25.3 Å². The van der Waals surface area contributed by atoms with Crippen molar-refractivity contribution in [1.29, 1.82) is 0 Å². The number of aliphatic carboxylic acids is 1. The molecule has 8 nitrogen and oxygen atoms in total. The van der Waals surface area contributed by atoms with Gasteiger partial charge in [0.2, 0.25) is 0 Å². The molecule has 1 heterocycles. The molecule has 1 aliphatic heterocycles. The topological polar surface area (TPSA) is 116 Å². The van der Waals surface area contributed by atoms with Crippen LogP contribution in [-0.4, -0.2) is 58.8 Å². The summed E-state index contributed by atoms with van der Waals surface area (Å²) in [7, 11) is 0. The van der Waals surface area contributed by atoms with Crippen molar-refractivity contribution >= 4 is 17.8 Å². The third kappa shape index (κ3) is 6.13. The van der Waals surface area contributed by atoms with Crippen molar-refractivity contribution in [3.05, 3.63) is 40.7 Å². The SMILES string of the molecule is Cc1cc(CN2CCC(O)=C(C(=O)NCC(=O)O)C2=O)ccc1OCC(F)(F)F. The number of hydrogen-bond donors (Lipinski definition) is 3. The fourth-order valence-corrected chi connectivity index (χ4v) is 2.72. The standard InChI is InChI=1S/C18H19F3N2O6/c1-10-6-11(2-3-13(10)29-9-18(19,20)21)8-23-5-4-12(24)15(17(23)28)16(27)22-7-14(25)26/h2-3,6,24H,4-5,7-9H2,1H3,(H,22,27)(H,25,26). The predicted octanol–water partition coefficient (Wildman–Crippen LogP) is 1.68. The highest BCUT2D eigenvalue weighted by Gasteiger charge is 2.32. The molecule has 0 spiro atoms. The molecule has 0 atom stereocenters. The third-order valence-corrected chi connectivity index (χ3v) is 4.04. The van der Waals surface area contributed by atoms with Crippen LogP contribution in [0.5, 0.6) is 5.75 Å². The first kappa shape index (κ1) is 22.1. The highest BCUT2D eigenvalue weighted by Crippen LogP contribution is 2.25. The molecular weight excluding hydrogens is 397 g/mol. The number of nitrogens with zero attached hydrogens (tertiary/aromatic N) is 1. The average molecular weight is 416 g/mol. The van der Waals surface area contributed by atoms with E-state index in [9.17, 15) is 32.7 Å². The maximum atomic E-state index is 12.5. The highest BCUT2D eigenvalue weighted by molar-refractivity contribution is 6.19. The molecular formula is C18H19F3N2O6. The summed E-state index contributed by atoms with van der Waals surface area (Å²) >= 11 is 0. The van der Waals surface area contributed by atoms with Crippen LogP contribution >= 0.6 is 0 Å². The van der Waals surface area contributed by atoms with Gasteiger partial charge in [0.15, 0.2) is 6.61 Å². The van der Waals surface area contributed by atoms with Crippen LogP contribution < -0.4 is 10.1 Å². The van der Waals surface area contributed by atoms with Crippen molar-refractivity contribution in [2.75, 3.05) is 19.7 Å². The number of benzene rings is 1. The third-order valence-electron chi connectivity index (χ3n) is 4.04. The molecule has 0 aliphatic carbocycles. The molecule has 158 valence electrons. The molecule has 1 aliphatic rings. The van der Waals surface area contributed by atoms with Crippen LogP contribution in [0.4, 0.5) is 13.2 Å². The van der Waals surface area contributed by atoms with E-state index >= 15 is 0 Å². The minimum absolute atomic E-state index is 0.00727. The summed E-state index contributed by atoms with van der Waals surface area (Å²) in [6.45, 7) is -0.407. The Morgan fingerprint density at radius 2 is 2.00 bits per heavy atom. The maximum Gasteiger partial charge on any atom is 0.422 e. The van der Waals surface area contributed by atoms with E-state index in [1.54, 1.807) is 13.0 Å². The number of amides is 2. The van der Waals surface area contributed by atoms with Gasteiger partial charge in [-0.1, -0.05) is 12.1 Å². The Kier molecular flexibility index (Phi) is 6.72. The van der Waals surface area contributed by atoms with Gasteiger partial charge in [0.1, 0.15) is 23.6 Å². The van der Waals surface area contributed by atoms with Gasteiger partial charge in [0, 0.05) is 19.5 Å². The number of hydrogen-bond acceptors (Lipinski definition) is 5. The van der Waals surface area contributed by atoms with Crippen molar-refractivity contribution in [3.8, 4) is 5.75 Å². The maximum absolute atomic E-state index is 12.5. The number of carboxylic acid groups (broad SMARTS) is 1. The second-order valence-corrected chi connectivity index (χ2v) is 6.38. The number of ether oxygens (including phenoxy) is 1. The summed E-state index contributed by atoms with van der Waals surface area (Å²) in [5.74, 6) is -3.44. The monoisotopic (exact) mass is 416 g/mol. The molecule has 2 amide bonds. The lowest BCUT2D eigenvalue weighted by atomic mass is 10.0. The lowest BCUT2D eigenvalue weighted by molar-refractivity contribution is -0.153. The van der Waals surface area contributed by atoms with E-state index in [0.29, 0.717) is 11.1 Å². The van der Waals surface area contributed by atoms with E-state index < -0.39 is 48.4 Å². The zero-order chi connectivity index (χ0) is 21.8. The molecule has 29 heavy (non-hydrogen) atoms. The van der Waals surface area contributed by atoms with Crippen LogP contribution in [0.2, 0.25) is 0 Å². The van der Waals surface area contributed by atoms with Gasteiger partial charge in [-0.2, -0.15) is 13.2 Å². The first-order valence-corrected chi connectivity index (χ1v) is 8.48. The van der Waals surface area contributed by atoms with Gasteiger partial charge in [0.05, 0.1) is 0 Å². The van der Waals surface area contributed by atoms with Crippen molar-refractivity contribution < 1.29 is 42.5 Å². The number of rotatable bonds is 7. The number of alkyl halides is 3. The average Bonchev–Trinajstić information content (AvgIpc) is 2.61. The van der Waals surface area contributed by atoms with Gasteiger partial charge in [-0.3, -0.25) is 14.4 Å². The first-order chi connectivity index (χ1) is 13.5. The predicted molar refractivity (Wildman–Crippen MR) is 93.1 cm³/mol. The van der Waals surface area contributed by atoms with E-state index in [0.717, 1.165) is 0 Å². The number of aliphatic hydroxyl groups is 1. The Balaban J connectivity index is 2.08. The summed E-state index contributed by atoms with van der Waals surface area (Å²) in [5, 5.41) is 20.5. The summed E-state index contributed by atoms with van der Waals surface area (Å²) in [4.78, 5) is 36.4. The van der Waals surface area contributed by atoms with Gasteiger partial charge < -0.3 is 25.2 Å². The van der Waals surface area contributed by atoms with E-state index in [1.165, 1.54) is 17.0 Å². The van der Waals surface area contributed by atoms with Gasteiger partial charge >= 0.3 is 12.1 Å². The van der Waals surface area contributed by atoms with Crippen LogP contribution in [0.15, 0.2) is 29.5 Å². The molecule has 0 unspecified atom stereocenters. The van der Waals surface area contributed by atoms with Crippen LogP contribution in [0.25, 0.3) is 0 Å². The number of halogens is 3. The number of nitrogens with one attached hydrogen (secondary N) is 1. The van der Waals surface area contributed by atoms with E-state index in [4.69, 9.17) is 9.84 Å². The van der Waals surface area contributed by atoms with Gasteiger partial charge in [0.25, 0.3) is 11.8 Å². The fraction of sp³-hybridized carbons (Fsp3) is 0.389. The van der Waals surface area contributed by atoms with Gasteiger partial charge in [-0.25, -0.2) is 0 Å². The second-order valence-electron chi connectivity index (χ2n) is 6.38. The molecule has 0 bridgehead atoms. The summed E-state index contributed by atoms with van der Waals surface area (Å²) in [6.07, 6.45) is -4.45. The van der Waals surface area contributed by atoms with Crippen LogP contribution in [-0.2, 0) is 20.9 Å². The molecule has 2 rings (SSSR count). The fourth-order valence-electron chi connectivity index (χ4n) is 2.72. The lowest BCUT2D eigenvalue weighted by Crippen LogP contribution is -2.43. The Morgan fingerprint density at radius 3 is 2.59 bits per heavy atom. The number of aryl methyl sites for hydroxylation is 1. The van der Waals surface area contributed by atoms with Crippen LogP contribution in [0.3, 0.4) is 0 Å². The number of carboxylic acids is 1. The number of carbonyl (C=O) groups is 3. The smallest absolute Gasteiger partial charge is 0.422 e. The molecule has 0 aromatic heterocycles. The Bertz CT molecular complexity index is 850. The van der Waals surface area contributed by atoms with Crippen molar-refractivity contribution in [2.45, 2.75) is 26.1 Å². The van der Waals surface area contributed by atoms with Crippen molar-refractivity contribution in [3.63, 3.8) is 0 Å². The zero-order valence-corrected chi connectivity index (χ0v) is 15.4. The largest absolute Gasteiger partial charge is 0.511 e. The Labute approximate surface area is 163 Å². The van der Waals surface area contributed by atoms with Gasteiger partial charge in [-0.15, -0.1) is 0 Å². The molecule has 0 saturated carbocycles. The van der Waals surface area contributed by atoms with Crippen LogP contribution in [0, 0.1) is 6.92 Å². The molecule has 1 aromatic carbocycles. The highest BCUT2D eigenvalue weighted by atomic mass is 19.4. The molecule has 3 N–H and O–H groups in total. The minimum atomic E-state index is -4.46. The van der Waals surface area contributed by atoms with Crippen molar-refractivity contribution in [1.82, 2.24) is 10.2 Å². The summed E-state index contributed by atoms with van der Waals surface area (Å²) < 4.78 is 41.6. The number of carbonyl (C=O) groups excluding carboxylic acids is 2. The molecule has 11 heteroatoms. The van der Waals surface area contributed by atoms with Gasteiger partial charge in [-0.05, 0) is 24.1 Å². The molecule has 1 aromatic rings. The Hall–Kier alpha value is -3.24. The molecule has 0 saturated heterocycles. The van der Waals surface area contributed by atoms with E-state index in [2.05, 4.69) is 0 Å². The van der Waals surface area contributed by atoms with E-state index in [1.807, 2.05) is 5.32 Å². The quantitative estimate of drug-likeness (QED) is 0.583. The molecule has 0 radical (unpaired) electrons. The first-order valence-electron chi connectivity index (χ1n) is 8.48. The molecule has 0 fully saturated rings. The Morgan fingerprint density at radius 1 is 1.31 bits per heavy atom. The number of aliphatic hydroxyl groups excluding tert-OH is 1.